The largest absolute Gasteiger partial charge is 0.481 e. The molecule has 1 aromatic carbocycles. The topological polar surface area (TPSA) is 88.5 Å². The van der Waals surface area contributed by atoms with Gasteiger partial charge in [0.15, 0.2) is 0 Å². The SMILES string of the molecule is CC(C)Oc1ccc(C(=O)Nc2ccc(C(C)(C)C(=O)O)cc2)cn1. The number of anilines is 1. The van der Waals surface area contributed by atoms with Crippen LogP contribution < -0.4 is 10.1 Å². The number of pyridine rings is 1. The van der Waals surface area contributed by atoms with E-state index in [4.69, 9.17) is 4.74 Å². The van der Waals surface area contributed by atoms with Crippen LogP contribution in [0.3, 0.4) is 0 Å². The zero-order valence-corrected chi connectivity index (χ0v) is 14.7. The van der Waals surface area contributed by atoms with Crippen LogP contribution in [-0.4, -0.2) is 28.1 Å². The normalized spacial score (nSPS) is 11.2. The van der Waals surface area contributed by atoms with Gasteiger partial charge in [-0.05, 0) is 51.5 Å². The lowest BCUT2D eigenvalue weighted by atomic mass is 9.85. The van der Waals surface area contributed by atoms with Crippen LogP contribution in [0.4, 0.5) is 5.69 Å². The molecule has 2 rings (SSSR count). The lowest BCUT2D eigenvalue weighted by Gasteiger charge is -2.19. The van der Waals surface area contributed by atoms with E-state index < -0.39 is 11.4 Å². The van der Waals surface area contributed by atoms with Gasteiger partial charge >= 0.3 is 5.97 Å². The number of amides is 1. The summed E-state index contributed by atoms with van der Waals surface area (Å²) in [5.74, 6) is -0.736. The first-order chi connectivity index (χ1) is 11.7. The molecule has 0 fully saturated rings. The second kappa shape index (κ2) is 7.34. The second-order valence-electron chi connectivity index (χ2n) is 6.51. The minimum absolute atomic E-state index is 0.0146. The van der Waals surface area contributed by atoms with Gasteiger partial charge in [0.25, 0.3) is 5.91 Å². The van der Waals surface area contributed by atoms with Crippen LogP contribution in [0, 0.1) is 0 Å². The first kappa shape index (κ1) is 18.4. The lowest BCUT2D eigenvalue weighted by molar-refractivity contribution is -0.142. The van der Waals surface area contributed by atoms with E-state index in [1.54, 1.807) is 50.2 Å². The monoisotopic (exact) mass is 342 g/mol. The molecule has 2 aromatic rings. The highest BCUT2D eigenvalue weighted by Crippen LogP contribution is 2.25. The summed E-state index contributed by atoms with van der Waals surface area (Å²) < 4.78 is 5.44. The number of benzene rings is 1. The van der Waals surface area contributed by atoms with Crippen molar-refractivity contribution in [3.05, 3.63) is 53.7 Å². The van der Waals surface area contributed by atoms with Gasteiger partial charge in [-0.15, -0.1) is 0 Å². The number of hydrogen-bond acceptors (Lipinski definition) is 4. The first-order valence-electron chi connectivity index (χ1n) is 7.98. The second-order valence-corrected chi connectivity index (χ2v) is 6.51. The van der Waals surface area contributed by atoms with Crippen LogP contribution in [0.2, 0.25) is 0 Å². The summed E-state index contributed by atoms with van der Waals surface area (Å²) in [7, 11) is 0. The molecule has 1 amide bonds. The fourth-order valence-corrected chi connectivity index (χ4v) is 2.12. The Balaban J connectivity index is 2.07. The van der Waals surface area contributed by atoms with E-state index in [0.717, 1.165) is 0 Å². The Kier molecular flexibility index (Phi) is 5.41. The molecule has 0 bridgehead atoms. The van der Waals surface area contributed by atoms with Crippen LogP contribution in [0.5, 0.6) is 5.88 Å². The Labute approximate surface area is 146 Å². The van der Waals surface area contributed by atoms with Gasteiger partial charge in [0.1, 0.15) is 0 Å². The van der Waals surface area contributed by atoms with Crippen molar-refractivity contribution in [3.63, 3.8) is 0 Å². The summed E-state index contributed by atoms with van der Waals surface area (Å²) >= 11 is 0. The molecule has 0 aliphatic rings. The zero-order valence-electron chi connectivity index (χ0n) is 14.7. The number of carbonyl (C=O) groups is 2. The van der Waals surface area contributed by atoms with Gasteiger partial charge in [0.2, 0.25) is 5.88 Å². The van der Waals surface area contributed by atoms with Gasteiger partial charge < -0.3 is 15.2 Å². The summed E-state index contributed by atoms with van der Waals surface area (Å²) in [6, 6.07) is 10.0. The van der Waals surface area contributed by atoms with Crippen LogP contribution in [0.25, 0.3) is 0 Å². The molecule has 0 atom stereocenters. The smallest absolute Gasteiger partial charge is 0.313 e. The average molecular weight is 342 g/mol. The van der Waals surface area contributed by atoms with Gasteiger partial charge in [0, 0.05) is 18.0 Å². The first-order valence-corrected chi connectivity index (χ1v) is 7.98. The zero-order chi connectivity index (χ0) is 18.6. The fraction of sp³-hybridized carbons (Fsp3) is 0.316. The molecule has 6 heteroatoms. The maximum Gasteiger partial charge on any atom is 0.313 e. The summed E-state index contributed by atoms with van der Waals surface area (Å²) in [5, 5.41) is 12.0. The summed E-state index contributed by atoms with van der Waals surface area (Å²) in [5.41, 5.74) is 0.664. The van der Waals surface area contributed by atoms with Crippen molar-refractivity contribution in [2.24, 2.45) is 0 Å². The molecule has 2 N–H and O–H groups in total. The van der Waals surface area contributed by atoms with Crippen molar-refractivity contribution in [2.75, 3.05) is 5.32 Å². The molecule has 25 heavy (non-hydrogen) atoms. The Morgan fingerprint density at radius 1 is 1.12 bits per heavy atom. The molecule has 1 aromatic heterocycles. The summed E-state index contributed by atoms with van der Waals surface area (Å²) in [6.07, 6.45) is 1.47. The minimum Gasteiger partial charge on any atom is -0.481 e. The molecule has 0 radical (unpaired) electrons. The van der Waals surface area contributed by atoms with Crippen molar-refractivity contribution >= 4 is 17.6 Å². The van der Waals surface area contributed by atoms with Crippen LogP contribution in [0.15, 0.2) is 42.6 Å². The highest BCUT2D eigenvalue weighted by Gasteiger charge is 2.29. The predicted molar refractivity (Wildman–Crippen MR) is 95.1 cm³/mol. The van der Waals surface area contributed by atoms with E-state index in [-0.39, 0.29) is 12.0 Å². The van der Waals surface area contributed by atoms with Gasteiger partial charge in [0.05, 0.1) is 17.1 Å². The van der Waals surface area contributed by atoms with Crippen molar-refractivity contribution in [2.45, 2.75) is 39.2 Å². The van der Waals surface area contributed by atoms with E-state index in [0.29, 0.717) is 22.7 Å². The molecule has 0 saturated carbocycles. The number of ether oxygens (including phenoxy) is 1. The number of nitrogens with one attached hydrogen (secondary N) is 1. The fourth-order valence-electron chi connectivity index (χ4n) is 2.12. The maximum absolute atomic E-state index is 12.3. The molecular weight excluding hydrogens is 320 g/mol. The van der Waals surface area contributed by atoms with Crippen molar-refractivity contribution in [3.8, 4) is 5.88 Å². The van der Waals surface area contributed by atoms with Crippen LogP contribution in [-0.2, 0) is 10.2 Å². The van der Waals surface area contributed by atoms with Crippen molar-refractivity contribution in [1.82, 2.24) is 4.98 Å². The quantitative estimate of drug-likeness (QED) is 0.839. The third-order valence-corrected chi connectivity index (χ3v) is 3.75. The van der Waals surface area contributed by atoms with Gasteiger partial charge in [-0.25, -0.2) is 4.98 Å². The molecule has 6 nitrogen and oxygen atoms in total. The third kappa shape index (κ3) is 4.56. The molecule has 0 spiro atoms. The number of carboxylic acids is 1. The van der Waals surface area contributed by atoms with Crippen LogP contribution >= 0.6 is 0 Å². The predicted octanol–water partition coefficient (Wildman–Crippen LogP) is 3.48. The molecule has 0 unspecified atom stereocenters. The standard InChI is InChI=1S/C19H22N2O4/c1-12(2)25-16-10-5-13(11-20-16)17(22)21-15-8-6-14(7-9-15)19(3,4)18(23)24/h5-12H,1-4H3,(H,21,22)(H,23,24). The number of carboxylic acid groups (broad SMARTS) is 1. The van der Waals surface area contributed by atoms with E-state index in [1.807, 2.05) is 13.8 Å². The number of rotatable bonds is 6. The van der Waals surface area contributed by atoms with Gasteiger partial charge in [-0.2, -0.15) is 0 Å². The Bertz CT molecular complexity index is 750. The van der Waals surface area contributed by atoms with Gasteiger partial charge in [-0.3, -0.25) is 9.59 Å². The Morgan fingerprint density at radius 2 is 1.76 bits per heavy atom. The average Bonchev–Trinajstić information content (AvgIpc) is 2.55. The van der Waals surface area contributed by atoms with E-state index in [9.17, 15) is 14.7 Å². The van der Waals surface area contributed by atoms with E-state index >= 15 is 0 Å². The van der Waals surface area contributed by atoms with Gasteiger partial charge in [-0.1, -0.05) is 12.1 Å². The lowest BCUT2D eigenvalue weighted by Crippen LogP contribution is -2.28. The highest BCUT2D eigenvalue weighted by molar-refractivity contribution is 6.04. The van der Waals surface area contributed by atoms with E-state index in [2.05, 4.69) is 10.3 Å². The highest BCUT2D eigenvalue weighted by atomic mass is 16.5. The Morgan fingerprint density at radius 3 is 2.24 bits per heavy atom. The Hall–Kier alpha value is -2.89. The summed E-state index contributed by atoms with van der Waals surface area (Å²) in [4.78, 5) is 27.6. The maximum atomic E-state index is 12.3. The number of nitrogens with zero attached hydrogens (tertiary/aromatic N) is 1. The molecule has 1 heterocycles. The number of aromatic nitrogens is 1. The van der Waals surface area contributed by atoms with Crippen LogP contribution in [0.1, 0.15) is 43.6 Å². The third-order valence-electron chi connectivity index (χ3n) is 3.75. The van der Waals surface area contributed by atoms with Crippen molar-refractivity contribution in [1.29, 1.82) is 0 Å². The minimum atomic E-state index is -0.987. The van der Waals surface area contributed by atoms with Crippen molar-refractivity contribution < 1.29 is 19.4 Å². The van der Waals surface area contributed by atoms with E-state index in [1.165, 1.54) is 6.20 Å². The summed E-state index contributed by atoms with van der Waals surface area (Å²) in [6.45, 7) is 7.07. The molecule has 0 aliphatic heterocycles. The molecule has 132 valence electrons. The molecule has 0 saturated heterocycles. The number of aliphatic carboxylic acids is 1. The number of hydrogen-bond donors (Lipinski definition) is 2. The molecular formula is C19H22N2O4. The number of carbonyl (C=O) groups excluding carboxylic acids is 1. The molecule has 0 aliphatic carbocycles.